The zero-order valence-electron chi connectivity index (χ0n) is 16.9. The molecular formula is C23H27Cl2N3O2. The number of carbonyl (C=O) groups is 1. The van der Waals surface area contributed by atoms with E-state index < -0.39 is 0 Å². The minimum atomic E-state index is -0.341. The van der Waals surface area contributed by atoms with Crippen LogP contribution in [0.25, 0.3) is 0 Å². The number of pyridine rings is 1. The number of benzene rings is 1. The fourth-order valence-electron chi connectivity index (χ4n) is 4.43. The first-order chi connectivity index (χ1) is 14.6. The second kappa shape index (κ2) is 10.1. The van der Waals surface area contributed by atoms with Crippen LogP contribution < -0.4 is 5.32 Å². The van der Waals surface area contributed by atoms with Crippen molar-refractivity contribution in [1.82, 2.24) is 15.2 Å². The van der Waals surface area contributed by atoms with Crippen molar-refractivity contribution in [3.05, 3.63) is 63.9 Å². The number of hydrogen-bond acceptors (Lipinski definition) is 4. The summed E-state index contributed by atoms with van der Waals surface area (Å²) in [5.74, 6) is 0.256. The van der Waals surface area contributed by atoms with Gasteiger partial charge < -0.3 is 10.1 Å². The molecule has 2 aliphatic rings. The molecule has 1 aromatic carbocycles. The van der Waals surface area contributed by atoms with Crippen LogP contribution in [0.4, 0.5) is 0 Å². The smallest absolute Gasteiger partial charge is 0.249 e. The third kappa shape index (κ3) is 5.33. The molecule has 0 unspecified atom stereocenters. The van der Waals surface area contributed by atoms with Gasteiger partial charge in [-0.05, 0) is 68.0 Å². The summed E-state index contributed by atoms with van der Waals surface area (Å²) in [5, 5.41) is 4.41. The highest BCUT2D eigenvalue weighted by atomic mass is 35.5. The van der Waals surface area contributed by atoms with Crippen molar-refractivity contribution >= 4 is 29.1 Å². The van der Waals surface area contributed by atoms with Crippen LogP contribution >= 0.6 is 23.2 Å². The maximum atomic E-state index is 12.8. The third-order valence-electron chi connectivity index (χ3n) is 5.93. The molecule has 4 rings (SSSR count). The van der Waals surface area contributed by atoms with Gasteiger partial charge in [-0.3, -0.25) is 14.7 Å². The molecule has 1 amide bonds. The van der Waals surface area contributed by atoms with Gasteiger partial charge in [0.05, 0.1) is 21.8 Å². The van der Waals surface area contributed by atoms with E-state index in [1.54, 1.807) is 6.20 Å². The van der Waals surface area contributed by atoms with Gasteiger partial charge in [0.2, 0.25) is 5.91 Å². The van der Waals surface area contributed by atoms with E-state index in [1.165, 1.54) is 0 Å². The van der Waals surface area contributed by atoms with Crippen LogP contribution in [0.2, 0.25) is 10.0 Å². The van der Waals surface area contributed by atoms with E-state index in [1.807, 2.05) is 36.4 Å². The Morgan fingerprint density at radius 1 is 1.20 bits per heavy atom. The topological polar surface area (TPSA) is 54.5 Å². The van der Waals surface area contributed by atoms with E-state index in [4.69, 9.17) is 27.9 Å². The van der Waals surface area contributed by atoms with Gasteiger partial charge in [0.25, 0.3) is 0 Å². The monoisotopic (exact) mass is 447 g/mol. The fourth-order valence-corrected chi connectivity index (χ4v) is 4.75. The molecule has 2 fully saturated rings. The van der Waals surface area contributed by atoms with Crippen molar-refractivity contribution in [3.8, 4) is 0 Å². The lowest BCUT2D eigenvalue weighted by Crippen LogP contribution is -2.45. The van der Waals surface area contributed by atoms with E-state index in [9.17, 15) is 4.79 Å². The number of amides is 1. The highest BCUT2D eigenvalue weighted by Crippen LogP contribution is 2.31. The minimum absolute atomic E-state index is 0.0234. The molecule has 1 aromatic heterocycles. The van der Waals surface area contributed by atoms with Crippen molar-refractivity contribution in [2.24, 2.45) is 5.92 Å². The Morgan fingerprint density at radius 3 is 2.83 bits per heavy atom. The maximum absolute atomic E-state index is 12.8. The standard InChI is InChI=1S/C23H27Cl2N3O2/c24-18-9-8-16(13-19(18)25)14-28-11-3-5-17(15-28)22(20-6-1-2-10-26-20)27-23(29)21-7-4-12-30-21/h1-2,6,8-10,13,17,21-22H,3-5,7,11-12,14-15H2,(H,27,29)/t17-,21+,22+/m1/s1. The third-order valence-corrected chi connectivity index (χ3v) is 6.67. The number of piperidine rings is 1. The molecule has 0 saturated carbocycles. The largest absolute Gasteiger partial charge is 0.368 e. The molecule has 0 aliphatic carbocycles. The van der Waals surface area contributed by atoms with Crippen molar-refractivity contribution in [3.63, 3.8) is 0 Å². The van der Waals surface area contributed by atoms with Gasteiger partial charge in [-0.25, -0.2) is 0 Å². The van der Waals surface area contributed by atoms with Gasteiger partial charge >= 0.3 is 0 Å². The summed E-state index contributed by atoms with van der Waals surface area (Å²) in [6.45, 7) is 3.37. The Kier molecular flexibility index (Phi) is 7.26. The lowest BCUT2D eigenvalue weighted by molar-refractivity contribution is -0.131. The second-order valence-corrected chi connectivity index (χ2v) is 8.94. The molecule has 30 heavy (non-hydrogen) atoms. The predicted octanol–water partition coefficient (Wildman–Crippen LogP) is 4.64. The Morgan fingerprint density at radius 2 is 2.10 bits per heavy atom. The van der Waals surface area contributed by atoms with Gasteiger partial charge in [-0.2, -0.15) is 0 Å². The van der Waals surface area contributed by atoms with Crippen LogP contribution in [-0.4, -0.2) is 41.6 Å². The predicted molar refractivity (Wildman–Crippen MR) is 119 cm³/mol. The molecule has 1 N–H and O–H groups in total. The number of aromatic nitrogens is 1. The van der Waals surface area contributed by atoms with Crippen LogP contribution in [-0.2, 0) is 16.1 Å². The Labute approximate surface area is 187 Å². The average molecular weight is 448 g/mol. The average Bonchev–Trinajstić information content (AvgIpc) is 3.30. The van der Waals surface area contributed by atoms with Crippen LogP contribution in [0.3, 0.4) is 0 Å². The number of halogens is 2. The first-order valence-electron chi connectivity index (χ1n) is 10.6. The highest BCUT2D eigenvalue weighted by molar-refractivity contribution is 6.42. The molecule has 2 aliphatic heterocycles. The van der Waals surface area contributed by atoms with Gasteiger partial charge in [0.1, 0.15) is 6.10 Å². The van der Waals surface area contributed by atoms with E-state index in [-0.39, 0.29) is 24.0 Å². The summed E-state index contributed by atoms with van der Waals surface area (Å²) in [7, 11) is 0. The van der Waals surface area contributed by atoms with Crippen molar-refractivity contribution < 1.29 is 9.53 Å². The summed E-state index contributed by atoms with van der Waals surface area (Å²) in [6, 6.07) is 11.6. The molecule has 3 heterocycles. The van der Waals surface area contributed by atoms with Crippen molar-refractivity contribution in [2.45, 2.75) is 44.4 Å². The maximum Gasteiger partial charge on any atom is 0.249 e. The summed E-state index contributed by atoms with van der Waals surface area (Å²) in [4.78, 5) is 19.8. The van der Waals surface area contributed by atoms with Gasteiger partial charge in [0.15, 0.2) is 0 Å². The molecule has 3 atom stereocenters. The van der Waals surface area contributed by atoms with Crippen molar-refractivity contribution in [2.75, 3.05) is 19.7 Å². The number of nitrogens with zero attached hydrogens (tertiary/aromatic N) is 2. The number of carbonyl (C=O) groups excluding carboxylic acids is 1. The Bertz CT molecular complexity index is 859. The summed E-state index contributed by atoms with van der Waals surface area (Å²) >= 11 is 12.2. The quantitative estimate of drug-likeness (QED) is 0.700. The minimum Gasteiger partial charge on any atom is -0.368 e. The number of ether oxygens (including phenoxy) is 1. The molecule has 0 bridgehead atoms. The molecule has 160 valence electrons. The molecule has 2 aromatic rings. The lowest BCUT2D eigenvalue weighted by Gasteiger charge is -2.37. The number of nitrogens with one attached hydrogen (secondary N) is 1. The van der Waals surface area contributed by atoms with Crippen LogP contribution in [0.5, 0.6) is 0 Å². The van der Waals surface area contributed by atoms with Gasteiger partial charge in [-0.1, -0.05) is 35.3 Å². The Balaban J connectivity index is 1.48. The highest BCUT2D eigenvalue weighted by Gasteiger charge is 2.33. The van der Waals surface area contributed by atoms with Crippen LogP contribution in [0.15, 0.2) is 42.6 Å². The van der Waals surface area contributed by atoms with Gasteiger partial charge in [-0.15, -0.1) is 0 Å². The fraction of sp³-hybridized carbons (Fsp3) is 0.478. The molecule has 0 spiro atoms. The Hall–Kier alpha value is -1.66. The molecule has 7 heteroatoms. The lowest BCUT2D eigenvalue weighted by atomic mass is 9.88. The zero-order chi connectivity index (χ0) is 20.9. The number of hydrogen-bond donors (Lipinski definition) is 1. The second-order valence-electron chi connectivity index (χ2n) is 8.13. The van der Waals surface area contributed by atoms with E-state index in [0.29, 0.717) is 16.7 Å². The zero-order valence-corrected chi connectivity index (χ0v) is 18.4. The first-order valence-corrected chi connectivity index (χ1v) is 11.3. The van der Waals surface area contributed by atoms with Crippen molar-refractivity contribution in [1.29, 1.82) is 0 Å². The van der Waals surface area contributed by atoms with E-state index >= 15 is 0 Å². The molecule has 2 saturated heterocycles. The molecular weight excluding hydrogens is 421 g/mol. The van der Waals surface area contributed by atoms with E-state index in [2.05, 4.69) is 15.2 Å². The number of rotatable bonds is 6. The van der Waals surface area contributed by atoms with Crippen LogP contribution in [0.1, 0.15) is 43.0 Å². The summed E-state index contributed by atoms with van der Waals surface area (Å²) in [6.07, 6.45) is 5.29. The summed E-state index contributed by atoms with van der Waals surface area (Å²) in [5.41, 5.74) is 2.05. The molecule has 0 radical (unpaired) electrons. The number of likely N-dealkylation sites (tertiary alicyclic amines) is 1. The van der Waals surface area contributed by atoms with E-state index in [0.717, 1.165) is 56.6 Å². The molecule has 5 nitrogen and oxygen atoms in total. The summed E-state index contributed by atoms with van der Waals surface area (Å²) < 4.78 is 5.59. The first kappa shape index (κ1) is 21.6. The normalized spacial score (nSPS) is 23.3. The van der Waals surface area contributed by atoms with Gasteiger partial charge in [0, 0.05) is 25.9 Å². The van der Waals surface area contributed by atoms with Crippen LogP contribution in [0, 0.1) is 5.92 Å². The SMILES string of the molecule is O=C(N[C@H](c1ccccn1)[C@@H]1CCCN(Cc2ccc(Cl)c(Cl)c2)C1)[C@@H]1CCCO1.